The average molecular weight is 249 g/mol. The second kappa shape index (κ2) is 4.44. The molecule has 2 heterocycles. The Morgan fingerprint density at radius 1 is 1.33 bits per heavy atom. The number of ether oxygens (including phenoxy) is 3. The zero-order chi connectivity index (χ0) is 12.6. The van der Waals surface area contributed by atoms with Crippen LogP contribution in [0.1, 0.15) is 30.9 Å². The van der Waals surface area contributed by atoms with E-state index in [1.165, 1.54) is 0 Å². The van der Waals surface area contributed by atoms with Crippen molar-refractivity contribution in [3.05, 3.63) is 23.8 Å². The maximum Gasteiger partial charge on any atom is 0.125 e. The van der Waals surface area contributed by atoms with E-state index in [9.17, 15) is 0 Å². The lowest BCUT2D eigenvalue weighted by molar-refractivity contribution is -0.0621. The second-order valence-corrected chi connectivity index (χ2v) is 5.11. The predicted octanol–water partition coefficient (Wildman–Crippen LogP) is 2.03. The molecular weight excluding hydrogens is 230 g/mol. The molecule has 2 N–H and O–H groups in total. The van der Waals surface area contributed by atoms with Crippen LogP contribution in [0.4, 0.5) is 0 Å². The number of nitrogens with two attached hydrogens (primary N) is 1. The molecule has 1 saturated heterocycles. The van der Waals surface area contributed by atoms with Gasteiger partial charge in [0.1, 0.15) is 17.1 Å². The van der Waals surface area contributed by atoms with Crippen LogP contribution < -0.4 is 15.2 Å². The minimum absolute atomic E-state index is 0.0157. The zero-order valence-corrected chi connectivity index (χ0v) is 10.6. The topological polar surface area (TPSA) is 53.7 Å². The van der Waals surface area contributed by atoms with Crippen LogP contribution >= 0.6 is 0 Å². The molecule has 1 spiro atoms. The van der Waals surface area contributed by atoms with E-state index in [0.29, 0.717) is 0 Å². The molecule has 0 aromatic heterocycles. The summed E-state index contributed by atoms with van der Waals surface area (Å²) in [7, 11) is 1.66. The molecule has 1 aromatic carbocycles. The third-order valence-corrected chi connectivity index (χ3v) is 3.94. The van der Waals surface area contributed by atoms with E-state index in [4.69, 9.17) is 19.9 Å². The van der Waals surface area contributed by atoms with Crippen molar-refractivity contribution in [3.8, 4) is 11.5 Å². The van der Waals surface area contributed by atoms with Crippen LogP contribution in [-0.4, -0.2) is 25.9 Å². The highest BCUT2D eigenvalue weighted by molar-refractivity contribution is 5.44. The van der Waals surface area contributed by atoms with Gasteiger partial charge in [-0.3, -0.25) is 0 Å². The minimum Gasteiger partial charge on any atom is -0.497 e. The Bertz CT molecular complexity index is 441. The van der Waals surface area contributed by atoms with E-state index in [-0.39, 0.29) is 11.6 Å². The molecule has 1 fully saturated rings. The summed E-state index contributed by atoms with van der Waals surface area (Å²) in [5.41, 5.74) is 7.22. The van der Waals surface area contributed by atoms with Crippen molar-refractivity contribution >= 4 is 0 Å². The predicted molar refractivity (Wildman–Crippen MR) is 68.0 cm³/mol. The van der Waals surface area contributed by atoms with Crippen LogP contribution in [0.25, 0.3) is 0 Å². The maximum atomic E-state index is 6.30. The number of fused-ring (bicyclic) bond motifs is 1. The maximum absolute atomic E-state index is 6.30. The van der Waals surface area contributed by atoms with Gasteiger partial charge in [0, 0.05) is 30.9 Å². The fourth-order valence-electron chi connectivity index (χ4n) is 2.87. The number of rotatable bonds is 1. The lowest BCUT2D eigenvalue weighted by atomic mass is 9.82. The molecule has 1 atom stereocenters. The average Bonchev–Trinajstić information content (AvgIpc) is 2.39. The van der Waals surface area contributed by atoms with Gasteiger partial charge in [0.15, 0.2) is 0 Å². The van der Waals surface area contributed by atoms with Gasteiger partial charge >= 0.3 is 0 Å². The molecule has 1 aromatic rings. The van der Waals surface area contributed by atoms with Crippen LogP contribution in [0.15, 0.2) is 18.2 Å². The summed E-state index contributed by atoms with van der Waals surface area (Å²) in [6, 6.07) is 5.88. The van der Waals surface area contributed by atoms with Gasteiger partial charge in [-0.25, -0.2) is 0 Å². The molecule has 4 nitrogen and oxygen atoms in total. The normalized spacial score (nSPS) is 25.3. The van der Waals surface area contributed by atoms with Gasteiger partial charge in [0.05, 0.1) is 20.3 Å². The monoisotopic (exact) mass is 249 g/mol. The Labute approximate surface area is 107 Å². The molecule has 4 heteroatoms. The van der Waals surface area contributed by atoms with Gasteiger partial charge < -0.3 is 19.9 Å². The van der Waals surface area contributed by atoms with E-state index < -0.39 is 0 Å². The lowest BCUT2D eigenvalue weighted by Crippen LogP contribution is -2.47. The number of benzene rings is 1. The van der Waals surface area contributed by atoms with E-state index in [2.05, 4.69) is 0 Å². The Balaban J connectivity index is 1.92. The van der Waals surface area contributed by atoms with Gasteiger partial charge in [-0.05, 0) is 18.2 Å². The minimum atomic E-state index is -0.126. The number of hydrogen-bond acceptors (Lipinski definition) is 4. The van der Waals surface area contributed by atoms with Crippen molar-refractivity contribution < 1.29 is 14.2 Å². The van der Waals surface area contributed by atoms with Crippen LogP contribution in [-0.2, 0) is 4.74 Å². The Morgan fingerprint density at radius 3 is 2.83 bits per heavy atom. The summed E-state index contributed by atoms with van der Waals surface area (Å²) < 4.78 is 16.9. The van der Waals surface area contributed by atoms with Crippen molar-refractivity contribution in [1.82, 2.24) is 0 Å². The molecule has 3 rings (SSSR count). The Hall–Kier alpha value is -1.26. The first kappa shape index (κ1) is 11.8. The first-order chi connectivity index (χ1) is 8.72. The van der Waals surface area contributed by atoms with Crippen LogP contribution in [0, 0.1) is 0 Å². The van der Waals surface area contributed by atoms with Crippen molar-refractivity contribution in [1.29, 1.82) is 0 Å². The largest absolute Gasteiger partial charge is 0.497 e. The molecule has 98 valence electrons. The van der Waals surface area contributed by atoms with Crippen molar-refractivity contribution in [2.45, 2.75) is 30.9 Å². The lowest BCUT2D eigenvalue weighted by Gasteiger charge is -2.43. The van der Waals surface area contributed by atoms with Gasteiger partial charge in [-0.15, -0.1) is 0 Å². The molecule has 2 aliphatic heterocycles. The van der Waals surface area contributed by atoms with Gasteiger partial charge in [-0.1, -0.05) is 0 Å². The van der Waals surface area contributed by atoms with Crippen LogP contribution in [0.2, 0.25) is 0 Å². The summed E-state index contributed by atoms with van der Waals surface area (Å²) in [6.07, 6.45) is 2.70. The van der Waals surface area contributed by atoms with Crippen LogP contribution in [0.5, 0.6) is 11.5 Å². The highest BCUT2D eigenvalue weighted by Gasteiger charge is 2.41. The molecule has 18 heavy (non-hydrogen) atoms. The molecule has 0 amide bonds. The summed E-state index contributed by atoms with van der Waals surface area (Å²) in [6.45, 7) is 1.52. The molecule has 0 saturated carbocycles. The zero-order valence-electron chi connectivity index (χ0n) is 10.6. The Morgan fingerprint density at radius 2 is 2.11 bits per heavy atom. The van der Waals surface area contributed by atoms with E-state index in [0.717, 1.165) is 49.5 Å². The number of methoxy groups -OCH3 is 1. The smallest absolute Gasteiger partial charge is 0.125 e. The fourth-order valence-corrected chi connectivity index (χ4v) is 2.87. The quantitative estimate of drug-likeness (QED) is 0.827. The number of hydrogen-bond donors (Lipinski definition) is 1. The summed E-state index contributed by atoms with van der Waals surface area (Å²) in [4.78, 5) is 0. The molecule has 2 aliphatic rings. The van der Waals surface area contributed by atoms with E-state index in [1.807, 2.05) is 18.2 Å². The fraction of sp³-hybridized carbons (Fsp3) is 0.571. The standard InChI is InChI=1S/C14H19NO3/c1-16-10-2-3-13-11(8-10)12(15)9-14(18-13)4-6-17-7-5-14/h2-3,8,12H,4-7,9,15H2,1H3/t12-/m0/s1. The van der Waals surface area contributed by atoms with Crippen molar-refractivity contribution in [3.63, 3.8) is 0 Å². The van der Waals surface area contributed by atoms with Gasteiger partial charge in [-0.2, -0.15) is 0 Å². The first-order valence-electron chi connectivity index (χ1n) is 6.43. The van der Waals surface area contributed by atoms with Crippen molar-refractivity contribution in [2.75, 3.05) is 20.3 Å². The molecular formula is C14H19NO3. The third-order valence-electron chi connectivity index (χ3n) is 3.94. The third kappa shape index (κ3) is 1.95. The summed E-state index contributed by atoms with van der Waals surface area (Å²) >= 11 is 0. The van der Waals surface area contributed by atoms with Gasteiger partial charge in [0.25, 0.3) is 0 Å². The highest BCUT2D eigenvalue weighted by Crippen LogP contribution is 2.43. The van der Waals surface area contributed by atoms with E-state index >= 15 is 0 Å². The van der Waals surface area contributed by atoms with Crippen molar-refractivity contribution in [2.24, 2.45) is 5.73 Å². The van der Waals surface area contributed by atoms with Crippen LogP contribution in [0.3, 0.4) is 0 Å². The SMILES string of the molecule is COc1ccc2c(c1)[C@@H](N)CC1(CCOCC1)O2. The highest BCUT2D eigenvalue weighted by atomic mass is 16.5. The first-order valence-corrected chi connectivity index (χ1v) is 6.43. The molecule has 0 aliphatic carbocycles. The molecule has 0 unspecified atom stereocenters. The van der Waals surface area contributed by atoms with Gasteiger partial charge in [0.2, 0.25) is 0 Å². The van der Waals surface area contributed by atoms with E-state index in [1.54, 1.807) is 7.11 Å². The second-order valence-electron chi connectivity index (χ2n) is 5.11. The molecule has 0 bridgehead atoms. The Kier molecular flexibility index (Phi) is 2.92. The molecule has 0 radical (unpaired) electrons. The summed E-state index contributed by atoms with van der Waals surface area (Å²) in [5.74, 6) is 1.73. The summed E-state index contributed by atoms with van der Waals surface area (Å²) in [5, 5.41) is 0.